The molecule has 2 heterocycles. The fourth-order valence-electron chi connectivity index (χ4n) is 1.49. The average molecular weight is 226 g/mol. The van der Waals surface area contributed by atoms with Gasteiger partial charge in [-0.05, 0) is 24.3 Å². The van der Waals surface area contributed by atoms with Crippen LogP contribution in [0.25, 0.3) is 0 Å². The van der Waals surface area contributed by atoms with Gasteiger partial charge in [-0.2, -0.15) is 4.99 Å². The van der Waals surface area contributed by atoms with E-state index in [1.165, 1.54) is 5.69 Å². The third-order valence-corrected chi connectivity index (χ3v) is 2.43. The molecule has 0 radical (unpaired) electrons. The number of aliphatic imine (C=N–C) groups is 2. The molecule has 4 heteroatoms. The van der Waals surface area contributed by atoms with E-state index in [1.807, 2.05) is 31.4 Å². The zero-order chi connectivity index (χ0) is 11.9. The first-order valence-electron chi connectivity index (χ1n) is 5.49. The van der Waals surface area contributed by atoms with Crippen LogP contribution in [0, 0.1) is 0 Å². The Morgan fingerprint density at radius 3 is 3.00 bits per heavy atom. The van der Waals surface area contributed by atoms with Crippen LogP contribution in [0.15, 0.2) is 52.8 Å². The fraction of sp³-hybridized carbons (Fsp3) is 0.231. The summed E-state index contributed by atoms with van der Waals surface area (Å²) in [6.45, 7) is 0.696. The summed E-state index contributed by atoms with van der Waals surface area (Å²) >= 11 is 0. The lowest BCUT2D eigenvalue weighted by Gasteiger charge is -1.98. The minimum atomic E-state index is 0.696. The highest BCUT2D eigenvalue weighted by molar-refractivity contribution is 5.51. The average Bonchev–Trinajstić information content (AvgIpc) is 2.76. The molecule has 0 atom stereocenters. The van der Waals surface area contributed by atoms with Gasteiger partial charge in [0.2, 0.25) is 0 Å². The smallest absolute Gasteiger partial charge is 0.0949 e. The number of aryl methyl sites for hydroxylation is 1. The monoisotopic (exact) mass is 226 g/mol. The zero-order valence-corrected chi connectivity index (χ0v) is 9.74. The Balaban J connectivity index is 1.87. The molecule has 0 spiro atoms. The van der Waals surface area contributed by atoms with Gasteiger partial charge in [-0.3, -0.25) is 4.98 Å². The lowest BCUT2D eigenvalue weighted by molar-refractivity contribution is 0.808. The third-order valence-electron chi connectivity index (χ3n) is 2.43. The highest BCUT2D eigenvalue weighted by Crippen LogP contribution is 2.05. The molecule has 86 valence electrons. The van der Waals surface area contributed by atoms with E-state index < -0.39 is 0 Å². The van der Waals surface area contributed by atoms with Crippen molar-refractivity contribution in [3.05, 3.63) is 48.5 Å². The maximum atomic E-state index is 4.12. The molecule has 0 N–H and O–H groups in total. The molecule has 0 unspecified atom stereocenters. The first kappa shape index (κ1) is 11.3. The molecular weight excluding hydrogens is 212 g/mol. The first-order chi connectivity index (χ1) is 8.36. The number of hydrogen-bond donors (Lipinski definition) is 0. The summed E-state index contributed by atoms with van der Waals surface area (Å²) in [5, 5.41) is 0. The lowest BCUT2D eigenvalue weighted by Crippen LogP contribution is -1.96. The van der Waals surface area contributed by atoms with Crippen molar-refractivity contribution in [3.8, 4) is 0 Å². The number of pyridine rings is 1. The molecule has 0 bridgehead atoms. The van der Waals surface area contributed by atoms with E-state index in [4.69, 9.17) is 0 Å². The predicted octanol–water partition coefficient (Wildman–Crippen LogP) is 2.47. The fourth-order valence-corrected chi connectivity index (χ4v) is 1.49. The molecular formula is C13H14N4. The van der Waals surface area contributed by atoms with Crippen LogP contribution in [0.5, 0.6) is 0 Å². The van der Waals surface area contributed by atoms with Gasteiger partial charge in [0.25, 0.3) is 0 Å². The topological polar surface area (TPSA) is 42.5 Å². The lowest BCUT2D eigenvalue weighted by atomic mass is 10.3. The van der Waals surface area contributed by atoms with Crippen molar-refractivity contribution >= 4 is 11.7 Å². The van der Waals surface area contributed by atoms with Crippen molar-refractivity contribution in [1.82, 2.24) is 9.55 Å². The molecule has 2 aromatic heterocycles. The van der Waals surface area contributed by atoms with Gasteiger partial charge in [-0.1, -0.05) is 0 Å². The van der Waals surface area contributed by atoms with Gasteiger partial charge in [-0.25, -0.2) is 4.99 Å². The Kier molecular flexibility index (Phi) is 3.84. The van der Waals surface area contributed by atoms with Crippen molar-refractivity contribution < 1.29 is 0 Å². The quantitative estimate of drug-likeness (QED) is 0.738. The van der Waals surface area contributed by atoms with Crippen LogP contribution >= 0.6 is 0 Å². The number of rotatable bonds is 4. The Morgan fingerprint density at radius 2 is 2.29 bits per heavy atom. The van der Waals surface area contributed by atoms with E-state index in [-0.39, 0.29) is 0 Å². The molecule has 0 saturated carbocycles. The maximum absolute atomic E-state index is 4.12. The van der Waals surface area contributed by atoms with Crippen LogP contribution in [-0.4, -0.2) is 22.1 Å². The largest absolute Gasteiger partial charge is 0.354 e. The molecule has 2 rings (SSSR count). The zero-order valence-electron chi connectivity index (χ0n) is 9.74. The Bertz CT molecular complexity index is 521. The number of hydrogen-bond acceptors (Lipinski definition) is 3. The summed E-state index contributed by atoms with van der Waals surface area (Å²) in [4.78, 5) is 12.1. The molecule has 0 aromatic carbocycles. The second-order valence-electron chi connectivity index (χ2n) is 3.67. The summed E-state index contributed by atoms with van der Waals surface area (Å²) < 4.78 is 2.09. The Morgan fingerprint density at radius 1 is 1.35 bits per heavy atom. The van der Waals surface area contributed by atoms with Gasteiger partial charge in [0.1, 0.15) is 0 Å². The van der Waals surface area contributed by atoms with Gasteiger partial charge in [-0.15, -0.1) is 0 Å². The number of aromatic nitrogens is 2. The van der Waals surface area contributed by atoms with Crippen molar-refractivity contribution in [2.45, 2.75) is 6.42 Å². The van der Waals surface area contributed by atoms with Crippen LogP contribution in [0.3, 0.4) is 0 Å². The van der Waals surface area contributed by atoms with E-state index in [0.29, 0.717) is 6.54 Å². The normalized spacial score (nSPS) is 9.71. The highest BCUT2D eigenvalue weighted by Gasteiger charge is 1.94. The summed E-state index contributed by atoms with van der Waals surface area (Å²) in [7, 11) is 2.03. The molecule has 2 aromatic rings. The minimum Gasteiger partial charge on any atom is -0.354 e. The van der Waals surface area contributed by atoms with Crippen LogP contribution in [0.1, 0.15) is 5.69 Å². The van der Waals surface area contributed by atoms with E-state index >= 15 is 0 Å². The third kappa shape index (κ3) is 3.40. The Labute approximate surface area is 100 Å². The van der Waals surface area contributed by atoms with E-state index in [1.54, 1.807) is 12.4 Å². The molecule has 0 fully saturated rings. The predicted molar refractivity (Wildman–Crippen MR) is 67.7 cm³/mol. The van der Waals surface area contributed by atoms with Crippen molar-refractivity contribution in [2.24, 2.45) is 17.0 Å². The molecule has 0 aliphatic carbocycles. The maximum Gasteiger partial charge on any atom is 0.0949 e. The van der Waals surface area contributed by atoms with Crippen LogP contribution in [0.4, 0.5) is 5.69 Å². The standard InChI is InChI=1S/C13H14N4/c1-17-9-3-5-13(17)6-8-15-11-16-12-4-2-7-14-10-12/h2-5,7,9-10H,6,8H2,1H3. The van der Waals surface area contributed by atoms with Crippen LogP contribution in [-0.2, 0) is 13.5 Å². The minimum absolute atomic E-state index is 0.696. The SMILES string of the molecule is Cn1cccc1CCN=C=Nc1cccnc1. The van der Waals surface area contributed by atoms with Crippen molar-refractivity contribution in [2.75, 3.05) is 6.54 Å². The van der Waals surface area contributed by atoms with Gasteiger partial charge < -0.3 is 4.57 Å². The summed E-state index contributed by atoms with van der Waals surface area (Å²) in [6, 6.07) is 10.5. The molecule has 0 aliphatic heterocycles. The summed E-state index contributed by atoms with van der Waals surface area (Å²) in [5.74, 6) is 0. The first-order valence-corrected chi connectivity index (χ1v) is 5.49. The van der Waals surface area contributed by atoms with Crippen molar-refractivity contribution in [1.29, 1.82) is 0 Å². The van der Waals surface area contributed by atoms with Crippen LogP contribution in [0.2, 0.25) is 0 Å². The summed E-state index contributed by atoms with van der Waals surface area (Å²) in [6.07, 6.45) is 6.33. The molecule has 0 aliphatic rings. The molecule has 4 nitrogen and oxygen atoms in total. The molecule has 17 heavy (non-hydrogen) atoms. The van der Waals surface area contributed by atoms with E-state index in [9.17, 15) is 0 Å². The van der Waals surface area contributed by atoms with Gasteiger partial charge >= 0.3 is 0 Å². The summed E-state index contributed by atoms with van der Waals surface area (Å²) in [5.41, 5.74) is 2.03. The molecule has 0 saturated heterocycles. The Hall–Kier alpha value is -2.19. The van der Waals surface area contributed by atoms with Gasteiger partial charge in [0, 0.05) is 31.6 Å². The second kappa shape index (κ2) is 5.77. The van der Waals surface area contributed by atoms with Crippen molar-refractivity contribution in [3.63, 3.8) is 0 Å². The molecule has 0 amide bonds. The van der Waals surface area contributed by atoms with Gasteiger partial charge in [0.15, 0.2) is 0 Å². The van der Waals surface area contributed by atoms with Gasteiger partial charge in [0.05, 0.1) is 24.4 Å². The van der Waals surface area contributed by atoms with Crippen LogP contribution < -0.4 is 0 Å². The number of nitrogens with zero attached hydrogens (tertiary/aromatic N) is 4. The highest BCUT2D eigenvalue weighted by atomic mass is 14.9. The van der Waals surface area contributed by atoms with E-state index in [0.717, 1.165) is 12.1 Å². The van der Waals surface area contributed by atoms with E-state index in [2.05, 4.69) is 31.6 Å². The second-order valence-corrected chi connectivity index (χ2v) is 3.67.